The van der Waals surface area contributed by atoms with E-state index >= 15 is 0 Å². The fourth-order valence-corrected chi connectivity index (χ4v) is 4.08. The van der Waals surface area contributed by atoms with Gasteiger partial charge in [0.25, 0.3) is 0 Å². The van der Waals surface area contributed by atoms with Crippen LogP contribution in [0.3, 0.4) is 0 Å². The summed E-state index contributed by atoms with van der Waals surface area (Å²) in [7, 11) is -3.83. The molecular formula is C16H22N2O3S. The van der Waals surface area contributed by atoms with E-state index in [1.54, 1.807) is 24.3 Å². The van der Waals surface area contributed by atoms with Crippen molar-refractivity contribution in [1.82, 2.24) is 4.90 Å². The number of hydrogen-bond donors (Lipinski definition) is 0. The maximum absolute atomic E-state index is 12.2. The lowest BCUT2D eigenvalue weighted by Crippen LogP contribution is -2.51. The molecule has 5 nitrogen and oxygen atoms in total. The Hall–Kier alpha value is -1.40. The molecule has 3 aliphatic heterocycles. The van der Waals surface area contributed by atoms with Gasteiger partial charge in [0.1, 0.15) is 4.90 Å². The quantitative estimate of drug-likeness (QED) is 0.631. The lowest BCUT2D eigenvalue weighted by Gasteiger charge is -2.48. The highest BCUT2D eigenvalue weighted by Gasteiger charge is 2.42. The van der Waals surface area contributed by atoms with E-state index in [4.69, 9.17) is 4.28 Å². The molecule has 0 atom stereocenters. The summed E-state index contributed by atoms with van der Waals surface area (Å²) in [4.78, 5) is 2.59. The van der Waals surface area contributed by atoms with Crippen LogP contribution in [0, 0.1) is 12.3 Å². The van der Waals surface area contributed by atoms with Crippen molar-refractivity contribution >= 4 is 15.8 Å². The fraction of sp³-hybridized carbons (Fsp3) is 0.562. The zero-order valence-corrected chi connectivity index (χ0v) is 13.9. The van der Waals surface area contributed by atoms with Crippen LogP contribution in [0.2, 0.25) is 0 Å². The predicted octanol–water partition coefficient (Wildman–Crippen LogP) is 2.56. The van der Waals surface area contributed by atoms with Gasteiger partial charge in [-0.05, 0) is 64.9 Å². The van der Waals surface area contributed by atoms with Gasteiger partial charge in [0.2, 0.25) is 0 Å². The first-order valence-electron chi connectivity index (χ1n) is 7.69. The number of benzene rings is 1. The Labute approximate surface area is 132 Å². The second kappa shape index (κ2) is 5.66. The van der Waals surface area contributed by atoms with Gasteiger partial charge in [0.15, 0.2) is 0 Å². The number of rotatable bonds is 4. The first-order valence-corrected chi connectivity index (χ1v) is 9.10. The highest BCUT2D eigenvalue weighted by Crippen LogP contribution is 2.41. The SMILES string of the molecule is C/C(=N\OS(=O)(=O)c1ccc(C)cc1)C12CCN(CC1)CC2. The Kier molecular flexibility index (Phi) is 3.99. The van der Waals surface area contributed by atoms with Crippen molar-refractivity contribution < 1.29 is 12.7 Å². The number of fused-ring (bicyclic) bond motifs is 3. The third-order valence-electron chi connectivity index (χ3n) is 5.07. The van der Waals surface area contributed by atoms with Gasteiger partial charge >= 0.3 is 10.1 Å². The van der Waals surface area contributed by atoms with E-state index in [9.17, 15) is 8.42 Å². The summed E-state index contributed by atoms with van der Waals surface area (Å²) in [6, 6.07) is 6.60. The van der Waals surface area contributed by atoms with Crippen LogP contribution in [0.1, 0.15) is 31.7 Å². The molecule has 0 saturated carbocycles. The van der Waals surface area contributed by atoms with E-state index in [0.29, 0.717) is 0 Å². The van der Waals surface area contributed by atoms with E-state index in [1.807, 2.05) is 13.8 Å². The van der Waals surface area contributed by atoms with Crippen molar-refractivity contribution in [1.29, 1.82) is 0 Å². The van der Waals surface area contributed by atoms with E-state index in [0.717, 1.165) is 50.2 Å². The first kappa shape index (κ1) is 15.5. The summed E-state index contributed by atoms with van der Waals surface area (Å²) in [6.45, 7) is 7.01. The second-order valence-corrected chi connectivity index (χ2v) is 7.92. The van der Waals surface area contributed by atoms with Crippen LogP contribution in [0.5, 0.6) is 0 Å². The van der Waals surface area contributed by atoms with E-state index in [2.05, 4.69) is 10.1 Å². The molecule has 22 heavy (non-hydrogen) atoms. The van der Waals surface area contributed by atoms with Crippen molar-refractivity contribution in [2.75, 3.05) is 19.6 Å². The minimum atomic E-state index is -3.83. The van der Waals surface area contributed by atoms with E-state index in [-0.39, 0.29) is 10.3 Å². The minimum absolute atomic E-state index is 0.0253. The summed E-state index contributed by atoms with van der Waals surface area (Å²) >= 11 is 0. The van der Waals surface area contributed by atoms with Gasteiger partial charge in [-0.2, -0.15) is 8.42 Å². The molecule has 0 spiro atoms. The zero-order chi connectivity index (χ0) is 15.8. The third-order valence-corrected chi connectivity index (χ3v) is 6.19. The summed E-state index contributed by atoms with van der Waals surface area (Å²) in [5.41, 5.74) is 1.84. The first-order chi connectivity index (χ1) is 10.4. The van der Waals surface area contributed by atoms with Crippen LogP contribution >= 0.6 is 0 Å². The van der Waals surface area contributed by atoms with Gasteiger partial charge in [-0.15, -0.1) is 0 Å². The normalized spacial score (nSPS) is 28.6. The number of hydrogen-bond acceptors (Lipinski definition) is 5. The highest BCUT2D eigenvalue weighted by molar-refractivity contribution is 7.86. The van der Waals surface area contributed by atoms with Gasteiger partial charge in [0.05, 0.1) is 5.71 Å². The molecule has 0 amide bonds. The number of oxime groups is 1. The Morgan fingerprint density at radius 1 is 1.14 bits per heavy atom. The molecule has 3 aliphatic rings. The molecule has 3 heterocycles. The van der Waals surface area contributed by atoms with Crippen molar-refractivity contribution in [3.05, 3.63) is 29.8 Å². The summed E-state index contributed by atoms with van der Waals surface area (Å²) in [6.07, 6.45) is 3.11. The summed E-state index contributed by atoms with van der Waals surface area (Å²) in [5, 5.41) is 4.00. The molecule has 0 unspecified atom stereocenters. The number of aryl methyl sites for hydroxylation is 1. The topological polar surface area (TPSA) is 59.0 Å². The predicted molar refractivity (Wildman–Crippen MR) is 85.3 cm³/mol. The average Bonchev–Trinajstić information content (AvgIpc) is 2.55. The number of piperidine rings is 3. The summed E-state index contributed by atoms with van der Waals surface area (Å²) < 4.78 is 29.4. The van der Waals surface area contributed by atoms with Gasteiger partial charge in [-0.25, -0.2) is 0 Å². The van der Waals surface area contributed by atoms with Crippen LogP contribution < -0.4 is 0 Å². The molecule has 0 aromatic heterocycles. The molecule has 4 rings (SSSR count). The Bertz CT molecular complexity index is 658. The van der Waals surface area contributed by atoms with Crippen molar-refractivity contribution in [3.8, 4) is 0 Å². The van der Waals surface area contributed by atoms with E-state index < -0.39 is 10.1 Å². The average molecular weight is 322 g/mol. The number of nitrogens with zero attached hydrogens (tertiary/aromatic N) is 2. The monoisotopic (exact) mass is 322 g/mol. The molecule has 120 valence electrons. The van der Waals surface area contributed by atoms with Crippen LogP contribution in [0.15, 0.2) is 34.3 Å². The Morgan fingerprint density at radius 2 is 1.68 bits per heavy atom. The molecule has 0 aliphatic carbocycles. The van der Waals surface area contributed by atoms with Crippen LogP contribution in [0.4, 0.5) is 0 Å². The molecule has 2 bridgehead atoms. The largest absolute Gasteiger partial charge is 0.358 e. The standard InChI is InChI=1S/C16H22N2O3S/c1-13-3-5-15(6-4-13)22(19,20)21-17-14(2)16-7-10-18(11-8-16)12-9-16/h3-6H,7-12H2,1-2H3/b17-14+. The van der Waals surface area contributed by atoms with Crippen molar-refractivity contribution in [3.63, 3.8) is 0 Å². The maximum atomic E-state index is 12.2. The van der Waals surface area contributed by atoms with Crippen molar-refractivity contribution in [2.24, 2.45) is 10.6 Å². The third kappa shape index (κ3) is 2.90. The van der Waals surface area contributed by atoms with Gasteiger partial charge in [0, 0.05) is 5.41 Å². The lowest BCUT2D eigenvalue weighted by molar-refractivity contribution is 0.0724. The molecule has 1 aromatic carbocycles. The van der Waals surface area contributed by atoms with Crippen LogP contribution in [0.25, 0.3) is 0 Å². The molecular weight excluding hydrogens is 300 g/mol. The molecule has 3 fully saturated rings. The summed E-state index contributed by atoms with van der Waals surface area (Å²) in [5.74, 6) is 0. The van der Waals surface area contributed by atoms with E-state index in [1.165, 1.54) is 0 Å². The van der Waals surface area contributed by atoms with Crippen LogP contribution in [-0.2, 0) is 14.4 Å². The van der Waals surface area contributed by atoms with Gasteiger partial charge in [-0.1, -0.05) is 22.9 Å². The molecule has 6 heteroatoms. The fourth-order valence-electron chi connectivity index (χ4n) is 3.32. The lowest BCUT2D eigenvalue weighted by atomic mass is 9.69. The van der Waals surface area contributed by atoms with Gasteiger partial charge in [-0.3, -0.25) is 4.28 Å². The molecule has 3 saturated heterocycles. The minimum Gasteiger partial charge on any atom is -0.303 e. The molecule has 1 aromatic rings. The van der Waals surface area contributed by atoms with Crippen LogP contribution in [-0.4, -0.2) is 38.7 Å². The second-order valence-electron chi connectivity index (χ2n) is 6.39. The Balaban J connectivity index is 1.76. The smallest absolute Gasteiger partial charge is 0.303 e. The molecule has 0 N–H and O–H groups in total. The van der Waals surface area contributed by atoms with Gasteiger partial charge < -0.3 is 4.90 Å². The Morgan fingerprint density at radius 3 is 2.23 bits per heavy atom. The van der Waals surface area contributed by atoms with Crippen molar-refractivity contribution in [2.45, 2.75) is 38.0 Å². The zero-order valence-electron chi connectivity index (χ0n) is 13.1. The highest BCUT2D eigenvalue weighted by atomic mass is 32.2. The molecule has 0 radical (unpaired) electrons. The maximum Gasteiger partial charge on any atom is 0.358 e.